The summed E-state index contributed by atoms with van der Waals surface area (Å²) in [6, 6.07) is 70.7. The van der Waals surface area contributed by atoms with Crippen LogP contribution >= 0.6 is 0 Å². The molecule has 0 spiro atoms. The molecule has 0 saturated heterocycles. The highest BCUT2D eigenvalue weighted by atomic mass is 16.3. The van der Waals surface area contributed by atoms with E-state index in [2.05, 4.69) is 203 Å². The number of hydrogen-bond donors (Lipinski definition) is 0. The van der Waals surface area contributed by atoms with Gasteiger partial charge in [-0.15, -0.1) is 0 Å². The van der Waals surface area contributed by atoms with Crippen molar-refractivity contribution in [1.29, 1.82) is 0 Å². The summed E-state index contributed by atoms with van der Waals surface area (Å²) in [4.78, 5) is 15.9. The van der Waals surface area contributed by atoms with Crippen LogP contribution in [-0.2, 0) is 0 Å². The molecule has 63 heavy (non-hydrogen) atoms. The fraction of sp³-hybridized carbons (Fsp3) is 0. The molecule has 5 heterocycles. The Morgan fingerprint density at radius 3 is 1.63 bits per heavy atom. The van der Waals surface area contributed by atoms with Crippen molar-refractivity contribution in [2.45, 2.75) is 0 Å². The topological polar surface area (TPSA) is 61.2 Å². The quantitative estimate of drug-likeness (QED) is 0.174. The molecule has 0 bridgehead atoms. The van der Waals surface area contributed by atoms with Gasteiger partial charge in [0.1, 0.15) is 11.2 Å². The Hall–Kier alpha value is -8.61. The van der Waals surface area contributed by atoms with Gasteiger partial charge in [-0.3, -0.25) is 0 Å². The number of benzene rings is 9. The first-order chi connectivity index (χ1) is 31.2. The first-order valence-electron chi connectivity index (χ1n) is 21.3. The molecule has 6 nitrogen and oxygen atoms in total. The smallest absolute Gasteiger partial charge is 0.167 e. The van der Waals surface area contributed by atoms with Gasteiger partial charge in [0, 0.05) is 49.1 Å². The second-order valence-electron chi connectivity index (χ2n) is 16.3. The van der Waals surface area contributed by atoms with E-state index in [0.717, 1.165) is 93.7 Å². The summed E-state index contributed by atoms with van der Waals surface area (Å²) in [6.07, 6.45) is 0. The Balaban J connectivity index is 1.04. The first kappa shape index (κ1) is 34.1. The Bertz CT molecular complexity index is 4130. The lowest BCUT2D eigenvalue weighted by Gasteiger charge is -2.11. The maximum atomic E-state index is 7.02. The number of nitrogens with zero attached hydrogens (tertiary/aromatic N) is 5. The third-order valence-corrected chi connectivity index (χ3v) is 12.9. The van der Waals surface area contributed by atoms with Gasteiger partial charge in [-0.1, -0.05) is 133 Å². The molecular weight excluding hydrogens is 771 g/mol. The molecule has 0 aliphatic heterocycles. The van der Waals surface area contributed by atoms with Crippen LogP contribution in [0.4, 0.5) is 0 Å². The standard InChI is InChI=1S/C57H33N5O/c1-3-13-34(14-4-1)35-23-25-36(26-24-35)55-58-56(37-27-31-49-45(33-37)41-19-9-10-20-46(41)61(49)38-15-5-2-6-16-38)60-57(59-55)44-29-28-42-39-17-7-11-21-47(39)62-48-22-12-8-18-40(48)43-30-32-50-52(53(43)62)51(42)54(44)63-50/h1-33H. The predicted molar refractivity (Wildman–Crippen MR) is 258 cm³/mol. The van der Waals surface area contributed by atoms with Gasteiger partial charge >= 0.3 is 0 Å². The summed E-state index contributed by atoms with van der Waals surface area (Å²) in [7, 11) is 0. The molecule has 14 aromatic rings. The van der Waals surface area contributed by atoms with E-state index in [4.69, 9.17) is 19.4 Å². The van der Waals surface area contributed by atoms with Crippen LogP contribution in [0.3, 0.4) is 0 Å². The van der Waals surface area contributed by atoms with E-state index in [0.29, 0.717) is 17.5 Å². The van der Waals surface area contributed by atoms with E-state index in [-0.39, 0.29) is 0 Å². The van der Waals surface area contributed by atoms with Gasteiger partial charge in [-0.2, -0.15) is 0 Å². The van der Waals surface area contributed by atoms with E-state index in [1.54, 1.807) is 0 Å². The van der Waals surface area contributed by atoms with E-state index >= 15 is 0 Å². The van der Waals surface area contributed by atoms with Crippen molar-refractivity contribution in [1.82, 2.24) is 23.9 Å². The number of furan rings is 1. The Labute approximate surface area is 359 Å². The minimum absolute atomic E-state index is 0.550. The van der Waals surface area contributed by atoms with Crippen molar-refractivity contribution in [2.24, 2.45) is 0 Å². The van der Waals surface area contributed by atoms with Gasteiger partial charge < -0.3 is 13.4 Å². The second kappa shape index (κ2) is 12.9. The minimum atomic E-state index is 0.550. The van der Waals surface area contributed by atoms with Crippen LogP contribution in [-0.4, -0.2) is 23.9 Å². The third-order valence-electron chi connectivity index (χ3n) is 12.9. The summed E-state index contributed by atoms with van der Waals surface area (Å²) in [5.74, 6) is 1.73. The summed E-state index contributed by atoms with van der Waals surface area (Å²) in [6.45, 7) is 0. The third kappa shape index (κ3) is 4.91. The normalized spacial score (nSPS) is 12.1. The van der Waals surface area contributed by atoms with Gasteiger partial charge in [-0.05, 0) is 83.2 Å². The lowest BCUT2D eigenvalue weighted by Crippen LogP contribution is -2.00. The summed E-state index contributed by atoms with van der Waals surface area (Å²) >= 11 is 0. The number of fused-ring (bicyclic) bond motifs is 9. The highest BCUT2D eigenvalue weighted by Crippen LogP contribution is 2.47. The molecule has 5 aromatic heterocycles. The number of aromatic nitrogens is 5. The van der Waals surface area contributed by atoms with Crippen molar-refractivity contribution >= 4 is 81.8 Å². The van der Waals surface area contributed by atoms with Crippen molar-refractivity contribution in [2.75, 3.05) is 0 Å². The maximum absolute atomic E-state index is 7.02. The lowest BCUT2D eigenvalue weighted by molar-refractivity contribution is 0.670. The summed E-state index contributed by atoms with van der Waals surface area (Å²) in [5.41, 5.74) is 13.3. The summed E-state index contributed by atoms with van der Waals surface area (Å²) < 4.78 is 11.8. The van der Waals surface area contributed by atoms with E-state index in [9.17, 15) is 0 Å². The van der Waals surface area contributed by atoms with Gasteiger partial charge in [0.15, 0.2) is 17.5 Å². The van der Waals surface area contributed by atoms with E-state index in [1.165, 1.54) is 21.7 Å². The minimum Gasteiger partial charge on any atom is -0.455 e. The Morgan fingerprint density at radius 2 is 0.889 bits per heavy atom. The fourth-order valence-electron chi connectivity index (χ4n) is 10.1. The van der Waals surface area contributed by atoms with Gasteiger partial charge in [0.05, 0.1) is 38.5 Å². The van der Waals surface area contributed by atoms with Crippen molar-refractivity contribution < 1.29 is 4.42 Å². The van der Waals surface area contributed by atoms with Crippen LogP contribution in [0.5, 0.6) is 0 Å². The zero-order valence-corrected chi connectivity index (χ0v) is 33.7. The molecule has 0 saturated carbocycles. The van der Waals surface area contributed by atoms with Crippen molar-refractivity contribution in [3.05, 3.63) is 200 Å². The molecule has 9 aromatic carbocycles. The largest absolute Gasteiger partial charge is 0.455 e. The van der Waals surface area contributed by atoms with Gasteiger partial charge in [0.2, 0.25) is 0 Å². The van der Waals surface area contributed by atoms with Crippen LogP contribution in [0.25, 0.3) is 133 Å². The number of para-hydroxylation sites is 4. The van der Waals surface area contributed by atoms with Gasteiger partial charge in [0.25, 0.3) is 0 Å². The zero-order valence-electron chi connectivity index (χ0n) is 33.7. The monoisotopic (exact) mass is 803 g/mol. The molecule has 0 unspecified atom stereocenters. The predicted octanol–water partition coefficient (Wildman–Crippen LogP) is 14.7. The fourth-order valence-corrected chi connectivity index (χ4v) is 10.1. The molecule has 0 N–H and O–H groups in total. The van der Waals surface area contributed by atoms with E-state index in [1.807, 2.05) is 6.07 Å². The zero-order chi connectivity index (χ0) is 41.2. The molecule has 292 valence electrons. The highest BCUT2D eigenvalue weighted by molar-refractivity contribution is 6.32. The highest BCUT2D eigenvalue weighted by Gasteiger charge is 2.25. The average Bonchev–Trinajstić information content (AvgIpc) is 3.99. The van der Waals surface area contributed by atoms with Crippen LogP contribution in [0.1, 0.15) is 0 Å². The average molecular weight is 804 g/mol. The Kier molecular flexibility index (Phi) is 7.02. The Morgan fingerprint density at radius 1 is 0.349 bits per heavy atom. The molecule has 0 aliphatic rings. The maximum Gasteiger partial charge on any atom is 0.167 e. The lowest BCUT2D eigenvalue weighted by atomic mass is 10.0. The molecule has 0 amide bonds. The van der Waals surface area contributed by atoms with Crippen molar-refractivity contribution in [3.8, 4) is 51.0 Å². The van der Waals surface area contributed by atoms with Crippen LogP contribution in [0.15, 0.2) is 205 Å². The molecule has 14 rings (SSSR count). The molecule has 0 atom stereocenters. The van der Waals surface area contributed by atoms with Gasteiger partial charge in [-0.25, -0.2) is 15.0 Å². The molecule has 0 radical (unpaired) electrons. The number of hydrogen-bond acceptors (Lipinski definition) is 4. The number of rotatable bonds is 5. The molecule has 0 fully saturated rings. The van der Waals surface area contributed by atoms with Crippen LogP contribution in [0, 0.1) is 0 Å². The molecular formula is C57H33N5O. The molecule has 0 aliphatic carbocycles. The SMILES string of the molecule is c1ccc(-c2ccc(-c3nc(-c4ccc5c(c4)c4ccccc4n5-c4ccccc4)nc(-c4ccc5c6ccccc6n6c7ccccc7c7ccc8oc4c5c8c76)n3)cc2)cc1. The van der Waals surface area contributed by atoms with Crippen molar-refractivity contribution in [3.63, 3.8) is 0 Å². The second-order valence-corrected chi connectivity index (χ2v) is 16.3. The summed E-state index contributed by atoms with van der Waals surface area (Å²) in [5, 5.41) is 9.13. The van der Waals surface area contributed by atoms with Crippen LogP contribution in [0.2, 0.25) is 0 Å². The van der Waals surface area contributed by atoms with E-state index < -0.39 is 0 Å². The first-order valence-corrected chi connectivity index (χ1v) is 21.3. The molecule has 6 heteroatoms. The van der Waals surface area contributed by atoms with Crippen LogP contribution < -0.4 is 0 Å².